The van der Waals surface area contributed by atoms with Gasteiger partial charge in [0.15, 0.2) is 0 Å². The van der Waals surface area contributed by atoms with Gasteiger partial charge in [-0.3, -0.25) is 14.9 Å². The monoisotopic (exact) mass is 420 g/mol. The summed E-state index contributed by atoms with van der Waals surface area (Å²) in [6, 6.07) is 4.07. The Bertz CT molecular complexity index is 831. The topological polar surface area (TPSA) is 102 Å². The van der Waals surface area contributed by atoms with E-state index in [0.717, 1.165) is 0 Å². The van der Waals surface area contributed by atoms with Gasteiger partial charge in [-0.25, -0.2) is 9.18 Å². The van der Waals surface area contributed by atoms with Crippen LogP contribution in [0.15, 0.2) is 18.2 Å². The second kappa shape index (κ2) is 8.49. The van der Waals surface area contributed by atoms with Gasteiger partial charge in [0, 0.05) is 36.8 Å². The molecular formula is C21H29FN4O4. The first-order chi connectivity index (χ1) is 14.1. The largest absolute Gasteiger partial charge is 0.465 e. The van der Waals surface area contributed by atoms with E-state index in [1.807, 2.05) is 25.7 Å². The number of nitrogens with one attached hydrogen (secondary N) is 2. The summed E-state index contributed by atoms with van der Waals surface area (Å²) in [5.41, 5.74) is 0.443. The Labute approximate surface area is 175 Å². The highest BCUT2D eigenvalue weighted by molar-refractivity contribution is 6.01. The number of amides is 3. The summed E-state index contributed by atoms with van der Waals surface area (Å²) in [5, 5.41) is 14.8. The minimum Gasteiger partial charge on any atom is -0.465 e. The van der Waals surface area contributed by atoms with Crippen molar-refractivity contribution in [1.29, 1.82) is 0 Å². The zero-order valence-corrected chi connectivity index (χ0v) is 17.6. The number of carboxylic acid groups (broad SMARTS) is 1. The molecule has 0 aromatic heterocycles. The molecule has 1 aromatic carbocycles. The fourth-order valence-corrected chi connectivity index (χ4v) is 4.24. The number of anilines is 2. The number of hydrogen-bond donors (Lipinski definition) is 3. The van der Waals surface area contributed by atoms with E-state index in [4.69, 9.17) is 0 Å². The third-order valence-corrected chi connectivity index (χ3v) is 5.63. The van der Waals surface area contributed by atoms with Crippen molar-refractivity contribution in [3.8, 4) is 0 Å². The molecule has 3 N–H and O–H groups in total. The minimum absolute atomic E-state index is 0.102. The molecule has 0 spiro atoms. The molecule has 3 amide bonds. The predicted octanol–water partition coefficient (Wildman–Crippen LogP) is 2.79. The number of hydrogen-bond acceptors (Lipinski definition) is 5. The summed E-state index contributed by atoms with van der Waals surface area (Å²) in [7, 11) is 0. The molecule has 1 atom stereocenters. The van der Waals surface area contributed by atoms with Gasteiger partial charge in [-0.2, -0.15) is 0 Å². The van der Waals surface area contributed by atoms with Crippen molar-refractivity contribution in [2.24, 2.45) is 0 Å². The molecule has 164 valence electrons. The Morgan fingerprint density at radius 3 is 2.43 bits per heavy atom. The predicted molar refractivity (Wildman–Crippen MR) is 111 cm³/mol. The SMILES string of the molecule is CC(C)(C)N(C(=O)O)C1CCN(c2ccc(NC3CCC(=O)NC3=O)cc2F)CC1. The second-order valence-corrected chi connectivity index (χ2v) is 8.86. The van der Waals surface area contributed by atoms with Crippen molar-refractivity contribution in [3.05, 3.63) is 24.0 Å². The Morgan fingerprint density at radius 1 is 1.23 bits per heavy atom. The Balaban J connectivity index is 1.63. The van der Waals surface area contributed by atoms with Gasteiger partial charge < -0.3 is 20.2 Å². The molecular weight excluding hydrogens is 391 g/mol. The maximum atomic E-state index is 14.8. The molecule has 2 aliphatic rings. The van der Waals surface area contributed by atoms with Gasteiger partial charge in [0.05, 0.1) is 5.69 Å². The summed E-state index contributed by atoms with van der Waals surface area (Å²) < 4.78 is 14.8. The van der Waals surface area contributed by atoms with Crippen LogP contribution in [0.1, 0.15) is 46.5 Å². The van der Waals surface area contributed by atoms with Gasteiger partial charge in [0.1, 0.15) is 11.9 Å². The van der Waals surface area contributed by atoms with Crippen molar-refractivity contribution >= 4 is 29.3 Å². The number of nitrogens with zero attached hydrogens (tertiary/aromatic N) is 2. The Kier molecular flexibility index (Phi) is 6.19. The number of imide groups is 1. The molecule has 0 radical (unpaired) electrons. The molecule has 2 saturated heterocycles. The van der Waals surface area contributed by atoms with Crippen LogP contribution in [0.2, 0.25) is 0 Å². The van der Waals surface area contributed by atoms with E-state index in [-0.39, 0.29) is 18.4 Å². The summed E-state index contributed by atoms with van der Waals surface area (Å²) in [4.78, 5) is 38.2. The zero-order valence-electron chi connectivity index (χ0n) is 17.6. The fraction of sp³-hybridized carbons (Fsp3) is 0.571. The Morgan fingerprint density at radius 2 is 1.90 bits per heavy atom. The highest BCUT2D eigenvalue weighted by Crippen LogP contribution is 2.30. The van der Waals surface area contributed by atoms with Crippen molar-refractivity contribution in [2.45, 2.75) is 64.1 Å². The van der Waals surface area contributed by atoms with Gasteiger partial charge in [0.25, 0.3) is 0 Å². The molecule has 9 heteroatoms. The minimum atomic E-state index is -0.934. The van der Waals surface area contributed by atoms with Crippen LogP contribution in [-0.2, 0) is 9.59 Å². The lowest BCUT2D eigenvalue weighted by Gasteiger charge is -2.44. The molecule has 2 fully saturated rings. The highest BCUT2D eigenvalue weighted by atomic mass is 19.1. The first-order valence-electron chi connectivity index (χ1n) is 10.2. The molecule has 0 saturated carbocycles. The number of rotatable bonds is 4. The highest BCUT2D eigenvalue weighted by Gasteiger charge is 2.35. The van der Waals surface area contributed by atoms with E-state index in [9.17, 15) is 23.9 Å². The normalized spacial score (nSPS) is 20.7. The van der Waals surface area contributed by atoms with E-state index in [0.29, 0.717) is 43.7 Å². The van der Waals surface area contributed by atoms with E-state index in [1.54, 1.807) is 12.1 Å². The van der Waals surface area contributed by atoms with Crippen LogP contribution in [-0.4, -0.2) is 58.6 Å². The van der Waals surface area contributed by atoms with Crippen molar-refractivity contribution in [3.63, 3.8) is 0 Å². The number of piperidine rings is 2. The van der Waals surface area contributed by atoms with E-state index >= 15 is 0 Å². The summed E-state index contributed by atoms with van der Waals surface area (Å²) in [5.74, 6) is -1.10. The molecule has 0 aliphatic carbocycles. The number of carbonyl (C=O) groups excluding carboxylic acids is 2. The van der Waals surface area contributed by atoms with Gasteiger partial charge in [-0.05, 0) is 58.2 Å². The molecule has 1 aromatic rings. The maximum Gasteiger partial charge on any atom is 0.407 e. The number of carbonyl (C=O) groups is 3. The molecule has 30 heavy (non-hydrogen) atoms. The van der Waals surface area contributed by atoms with Gasteiger partial charge in [0.2, 0.25) is 11.8 Å². The van der Waals surface area contributed by atoms with E-state index < -0.39 is 29.4 Å². The summed E-state index contributed by atoms with van der Waals surface area (Å²) in [6.45, 7) is 6.74. The first-order valence-corrected chi connectivity index (χ1v) is 10.2. The molecule has 3 rings (SSSR count). The van der Waals surface area contributed by atoms with Crippen molar-refractivity contribution in [1.82, 2.24) is 10.2 Å². The van der Waals surface area contributed by atoms with Crippen LogP contribution in [0.25, 0.3) is 0 Å². The van der Waals surface area contributed by atoms with Crippen molar-refractivity contribution < 1.29 is 23.9 Å². The Hall–Kier alpha value is -2.84. The quantitative estimate of drug-likeness (QED) is 0.648. The van der Waals surface area contributed by atoms with Crippen LogP contribution in [0.4, 0.5) is 20.6 Å². The molecule has 8 nitrogen and oxygen atoms in total. The summed E-state index contributed by atoms with van der Waals surface area (Å²) in [6.07, 6.45) is 0.936. The van der Waals surface area contributed by atoms with Crippen LogP contribution >= 0.6 is 0 Å². The third kappa shape index (κ3) is 4.83. The average Bonchev–Trinajstić information content (AvgIpc) is 2.64. The molecule has 2 heterocycles. The molecule has 1 unspecified atom stereocenters. The average molecular weight is 420 g/mol. The maximum absolute atomic E-state index is 14.8. The lowest BCUT2D eigenvalue weighted by atomic mass is 9.96. The van der Waals surface area contributed by atoms with E-state index in [2.05, 4.69) is 10.6 Å². The van der Waals surface area contributed by atoms with E-state index in [1.165, 1.54) is 11.0 Å². The van der Waals surface area contributed by atoms with Gasteiger partial charge in [-0.1, -0.05) is 0 Å². The van der Waals surface area contributed by atoms with Crippen molar-refractivity contribution in [2.75, 3.05) is 23.3 Å². The third-order valence-electron chi connectivity index (χ3n) is 5.63. The summed E-state index contributed by atoms with van der Waals surface area (Å²) >= 11 is 0. The van der Waals surface area contributed by atoms with Gasteiger partial charge >= 0.3 is 6.09 Å². The lowest BCUT2D eigenvalue weighted by Crippen LogP contribution is -2.54. The molecule has 0 bridgehead atoms. The molecule has 2 aliphatic heterocycles. The standard InChI is InChI=1S/C21H29FN4O4/c1-21(2,3)26(20(29)30)14-8-10-25(11-9-14)17-6-4-13(12-15(17)22)23-16-5-7-18(27)24-19(16)28/h4,6,12,14,16,23H,5,7-11H2,1-3H3,(H,29,30)(H,24,27,28). The second-order valence-electron chi connectivity index (χ2n) is 8.86. The number of benzene rings is 1. The van der Waals surface area contributed by atoms with Crippen LogP contribution < -0.4 is 15.5 Å². The van der Waals surface area contributed by atoms with Crippen LogP contribution in [0.3, 0.4) is 0 Å². The van der Waals surface area contributed by atoms with Gasteiger partial charge in [-0.15, -0.1) is 0 Å². The number of halogens is 1. The van der Waals surface area contributed by atoms with Crippen LogP contribution in [0, 0.1) is 5.82 Å². The smallest absolute Gasteiger partial charge is 0.407 e. The lowest BCUT2D eigenvalue weighted by molar-refractivity contribution is -0.133. The fourth-order valence-electron chi connectivity index (χ4n) is 4.24. The zero-order chi connectivity index (χ0) is 22.1. The van der Waals surface area contributed by atoms with Crippen LogP contribution in [0.5, 0.6) is 0 Å². The first kappa shape index (κ1) is 21.9.